The Labute approximate surface area is 111 Å². The maximum atomic E-state index is 9.02. The summed E-state index contributed by atoms with van der Waals surface area (Å²) >= 11 is 7.71. The van der Waals surface area contributed by atoms with Crippen molar-refractivity contribution in [2.75, 3.05) is 20.3 Å². The second-order valence-corrected chi connectivity index (χ2v) is 6.12. The van der Waals surface area contributed by atoms with Crippen LogP contribution in [0.1, 0.15) is 29.3 Å². The summed E-state index contributed by atoms with van der Waals surface area (Å²) in [6, 6.07) is 2.63. The number of rotatable bonds is 6. The number of thiophene rings is 1. The summed E-state index contributed by atoms with van der Waals surface area (Å²) in [6.45, 7) is 0.815. The van der Waals surface area contributed by atoms with E-state index in [9.17, 15) is 0 Å². The molecule has 2 atom stereocenters. The van der Waals surface area contributed by atoms with Crippen LogP contribution in [0.25, 0.3) is 0 Å². The number of halogens is 1. The Hall–Kier alpha value is -0.130. The first kappa shape index (κ1) is 13.3. The maximum absolute atomic E-state index is 9.02. The molecule has 96 valence electrons. The van der Waals surface area contributed by atoms with Crippen LogP contribution in [-0.2, 0) is 11.2 Å². The van der Waals surface area contributed by atoms with E-state index in [2.05, 4.69) is 11.4 Å². The minimum absolute atomic E-state index is 0.186. The molecule has 0 bridgehead atoms. The van der Waals surface area contributed by atoms with E-state index in [0.717, 1.165) is 23.6 Å². The van der Waals surface area contributed by atoms with E-state index in [-0.39, 0.29) is 12.6 Å². The molecule has 0 radical (unpaired) electrons. The molecule has 0 fully saturated rings. The molecule has 0 spiro atoms. The lowest BCUT2D eigenvalue weighted by atomic mass is 10.1. The molecule has 1 heterocycles. The number of aliphatic hydroxyl groups excluding tert-OH is 1. The Balaban J connectivity index is 1.99. The van der Waals surface area contributed by atoms with Gasteiger partial charge in [0.15, 0.2) is 0 Å². The molecule has 2 N–H and O–H groups in total. The summed E-state index contributed by atoms with van der Waals surface area (Å²) in [5.74, 6) is 0. The number of hydrogen-bond donors (Lipinski definition) is 2. The molecule has 2 unspecified atom stereocenters. The quantitative estimate of drug-likeness (QED) is 0.838. The van der Waals surface area contributed by atoms with Crippen LogP contribution in [-0.4, -0.2) is 31.5 Å². The molecule has 0 saturated carbocycles. The van der Waals surface area contributed by atoms with Gasteiger partial charge in [-0.3, -0.25) is 0 Å². The van der Waals surface area contributed by atoms with E-state index < -0.39 is 0 Å². The molecule has 0 aromatic carbocycles. The molecule has 3 nitrogen and oxygen atoms in total. The minimum atomic E-state index is 0.186. The Morgan fingerprint density at radius 2 is 2.53 bits per heavy atom. The van der Waals surface area contributed by atoms with E-state index in [1.807, 2.05) is 0 Å². The zero-order valence-corrected chi connectivity index (χ0v) is 11.5. The number of fused-ring (bicyclic) bond motifs is 1. The third-order valence-corrected chi connectivity index (χ3v) is 4.47. The van der Waals surface area contributed by atoms with Gasteiger partial charge in [-0.25, -0.2) is 0 Å². The Morgan fingerprint density at radius 1 is 1.71 bits per heavy atom. The lowest BCUT2D eigenvalue weighted by Crippen LogP contribution is -2.36. The lowest BCUT2D eigenvalue weighted by Gasteiger charge is -2.22. The molecule has 0 saturated heterocycles. The van der Waals surface area contributed by atoms with Crippen LogP contribution >= 0.6 is 22.9 Å². The van der Waals surface area contributed by atoms with Gasteiger partial charge < -0.3 is 15.2 Å². The van der Waals surface area contributed by atoms with E-state index in [1.54, 1.807) is 18.4 Å². The number of hydrogen-bond acceptors (Lipinski definition) is 4. The monoisotopic (exact) mass is 275 g/mol. The molecular formula is C12H18ClNO2S. The number of aliphatic hydroxyl groups is 1. The topological polar surface area (TPSA) is 41.5 Å². The highest BCUT2D eigenvalue weighted by Gasteiger charge is 2.26. The van der Waals surface area contributed by atoms with Gasteiger partial charge in [-0.1, -0.05) is 11.6 Å². The first-order valence-electron chi connectivity index (χ1n) is 5.88. The first-order chi connectivity index (χ1) is 8.24. The third-order valence-electron chi connectivity index (χ3n) is 3.13. The fourth-order valence-electron chi connectivity index (χ4n) is 2.36. The van der Waals surface area contributed by atoms with Gasteiger partial charge >= 0.3 is 0 Å². The van der Waals surface area contributed by atoms with Crippen molar-refractivity contribution in [3.8, 4) is 0 Å². The molecular weight excluding hydrogens is 258 g/mol. The maximum Gasteiger partial charge on any atom is 0.0934 e. The van der Waals surface area contributed by atoms with Crippen molar-refractivity contribution in [3.05, 3.63) is 20.8 Å². The smallest absolute Gasteiger partial charge is 0.0934 e. The second kappa shape index (κ2) is 6.16. The molecule has 0 amide bonds. The van der Waals surface area contributed by atoms with Crippen molar-refractivity contribution >= 4 is 22.9 Å². The zero-order valence-electron chi connectivity index (χ0n) is 9.91. The largest absolute Gasteiger partial charge is 0.396 e. The van der Waals surface area contributed by atoms with Gasteiger partial charge in [-0.05, 0) is 30.9 Å². The van der Waals surface area contributed by atoms with E-state index in [4.69, 9.17) is 21.4 Å². The highest BCUT2D eigenvalue weighted by atomic mass is 35.5. The van der Waals surface area contributed by atoms with Gasteiger partial charge in [0.1, 0.15) is 0 Å². The highest BCUT2D eigenvalue weighted by molar-refractivity contribution is 7.16. The summed E-state index contributed by atoms with van der Waals surface area (Å²) in [7, 11) is 1.69. The van der Waals surface area contributed by atoms with Crippen LogP contribution in [0.4, 0.5) is 0 Å². The predicted molar refractivity (Wildman–Crippen MR) is 70.9 cm³/mol. The number of nitrogens with one attached hydrogen (secondary N) is 1. The van der Waals surface area contributed by atoms with Gasteiger partial charge in [-0.2, -0.15) is 0 Å². The van der Waals surface area contributed by atoms with Gasteiger partial charge in [-0.15, -0.1) is 11.3 Å². The number of methoxy groups -OCH3 is 1. The van der Waals surface area contributed by atoms with Crippen molar-refractivity contribution in [1.29, 1.82) is 0 Å². The summed E-state index contributed by atoms with van der Waals surface area (Å²) in [5.41, 5.74) is 1.33. The summed E-state index contributed by atoms with van der Waals surface area (Å²) in [5, 5.41) is 12.6. The normalized spacial score (nSPS) is 20.5. The number of aryl methyl sites for hydroxylation is 1. The van der Waals surface area contributed by atoms with Crippen molar-refractivity contribution in [2.24, 2.45) is 0 Å². The molecule has 2 rings (SSSR count). The lowest BCUT2D eigenvalue weighted by molar-refractivity contribution is 0.142. The second-order valence-electron chi connectivity index (χ2n) is 4.35. The Morgan fingerprint density at radius 3 is 3.24 bits per heavy atom. The minimum Gasteiger partial charge on any atom is -0.396 e. The fourth-order valence-corrected chi connectivity index (χ4v) is 3.72. The highest BCUT2D eigenvalue weighted by Crippen LogP contribution is 2.39. The Bertz CT molecular complexity index is 363. The van der Waals surface area contributed by atoms with Gasteiger partial charge in [0, 0.05) is 30.7 Å². The van der Waals surface area contributed by atoms with Crippen molar-refractivity contribution < 1.29 is 9.84 Å². The van der Waals surface area contributed by atoms with E-state index in [0.29, 0.717) is 12.6 Å². The summed E-state index contributed by atoms with van der Waals surface area (Å²) in [4.78, 5) is 1.40. The van der Waals surface area contributed by atoms with Crippen molar-refractivity contribution in [3.63, 3.8) is 0 Å². The molecule has 1 aliphatic rings. The Kier molecular flexibility index (Phi) is 4.82. The average molecular weight is 276 g/mol. The van der Waals surface area contributed by atoms with Crippen LogP contribution in [0, 0.1) is 0 Å². The van der Waals surface area contributed by atoms with Crippen molar-refractivity contribution in [1.82, 2.24) is 5.32 Å². The van der Waals surface area contributed by atoms with Gasteiger partial charge in [0.2, 0.25) is 0 Å². The SMILES string of the molecule is COCC(CCO)NC1CCc2sc(Cl)cc21. The van der Waals surface area contributed by atoms with Crippen LogP contribution in [0.5, 0.6) is 0 Å². The summed E-state index contributed by atoms with van der Waals surface area (Å²) < 4.78 is 6.03. The average Bonchev–Trinajstić information content (AvgIpc) is 2.80. The van der Waals surface area contributed by atoms with E-state index >= 15 is 0 Å². The summed E-state index contributed by atoms with van der Waals surface area (Å²) in [6.07, 6.45) is 2.94. The van der Waals surface area contributed by atoms with Crippen LogP contribution in [0.2, 0.25) is 4.34 Å². The van der Waals surface area contributed by atoms with Gasteiger partial charge in [0.25, 0.3) is 0 Å². The van der Waals surface area contributed by atoms with Crippen molar-refractivity contribution in [2.45, 2.75) is 31.3 Å². The van der Waals surface area contributed by atoms with Crippen LogP contribution in [0.3, 0.4) is 0 Å². The standard InChI is InChI=1S/C12H18ClNO2S/c1-16-7-8(4-5-15)14-10-2-3-11-9(10)6-12(13)17-11/h6,8,10,14-15H,2-5,7H2,1H3. The zero-order chi connectivity index (χ0) is 12.3. The van der Waals surface area contributed by atoms with Gasteiger partial charge in [0.05, 0.1) is 10.9 Å². The van der Waals surface area contributed by atoms with Crippen LogP contribution < -0.4 is 5.32 Å². The molecule has 17 heavy (non-hydrogen) atoms. The molecule has 1 aromatic heterocycles. The fraction of sp³-hybridized carbons (Fsp3) is 0.667. The predicted octanol–water partition coefficient (Wildman–Crippen LogP) is 2.38. The van der Waals surface area contributed by atoms with Crippen LogP contribution in [0.15, 0.2) is 6.07 Å². The van der Waals surface area contributed by atoms with E-state index in [1.165, 1.54) is 10.4 Å². The molecule has 0 aliphatic heterocycles. The molecule has 1 aromatic rings. The number of ether oxygens (including phenoxy) is 1. The third kappa shape index (κ3) is 3.20. The molecule has 1 aliphatic carbocycles. The molecule has 5 heteroatoms. The first-order valence-corrected chi connectivity index (χ1v) is 7.08.